The maximum Gasteiger partial charge on any atom is 0.231 e. The quantitative estimate of drug-likeness (QED) is 0.738. The molecule has 1 aliphatic carbocycles. The summed E-state index contributed by atoms with van der Waals surface area (Å²) in [5, 5.41) is 3.14. The Kier molecular flexibility index (Phi) is 5.98. The molecule has 0 saturated heterocycles. The zero-order chi connectivity index (χ0) is 18.7. The van der Waals surface area contributed by atoms with Gasteiger partial charge in [0.2, 0.25) is 5.91 Å². The summed E-state index contributed by atoms with van der Waals surface area (Å²) in [5.74, 6) is -0.123. The Morgan fingerprint density at radius 2 is 2.19 bits per heavy atom. The molecule has 0 aromatic heterocycles. The minimum atomic E-state index is -0.178. The molecule has 3 heteroatoms. The van der Waals surface area contributed by atoms with E-state index in [1.54, 1.807) is 0 Å². The van der Waals surface area contributed by atoms with E-state index >= 15 is 0 Å². The lowest BCUT2D eigenvalue weighted by molar-refractivity contribution is -0.118. The van der Waals surface area contributed by atoms with Crippen LogP contribution in [0.25, 0.3) is 0 Å². The first-order valence-corrected chi connectivity index (χ1v) is 9.91. The van der Waals surface area contributed by atoms with Gasteiger partial charge in [-0.2, -0.15) is 0 Å². The van der Waals surface area contributed by atoms with Gasteiger partial charge < -0.3 is 10.1 Å². The number of benzene rings is 1. The second-order valence-electron chi connectivity index (χ2n) is 7.69. The number of carbonyl (C=O) groups is 1. The maximum absolute atomic E-state index is 12.7. The monoisotopic (exact) mass is 353 g/mol. The maximum atomic E-state index is 12.7. The van der Waals surface area contributed by atoms with Gasteiger partial charge in [-0.1, -0.05) is 38.1 Å². The Morgan fingerprint density at radius 1 is 1.38 bits per heavy atom. The Bertz CT molecular complexity index is 732. The summed E-state index contributed by atoms with van der Waals surface area (Å²) in [6.45, 7) is 8.33. The third-order valence-electron chi connectivity index (χ3n) is 5.70. The fourth-order valence-corrected chi connectivity index (χ4v) is 4.06. The molecule has 26 heavy (non-hydrogen) atoms. The number of hydrogen-bond donors (Lipinski definition) is 1. The molecule has 0 bridgehead atoms. The van der Waals surface area contributed by atoms with Crippen molar-refractivity contribution in [2.45, 2.75) is 72.0 Å². The molecule has 1 N–H and O–H groups in total. The predicted molar refractivity (Wildman–Crippen MR) is 107 cm³/mol. The van der Waals surface area contributed by atoms with Crippen LogP contribution < -0.4 is 5.32 Å². The van der Waals surface area contributed by atoms with Crippen molar-refractivity contribution < 1.29 is 9.53 Å². The van der Waals surface area contributed by atoms with E-state index in [9.17, 15) is 4.79 Å². The van der Waals surface area contributed by atoms with Crippen LogP contribution in [0.15, 0.2) is 41.5 Å². The summed E-state index contributed by atoms with van der Waals surface area (Å²) in [4.78, 5) is 12.7. The Labute approximate surface area is 157 Å². The van der Waals surface area contributed by atoms with Gasteiger partial charge in [0.15, 0.2) is 0 Å². The molecule has 2 aliphatic rings. The average molecular weight is 354 g/mol. The first-order chi connectivity index (χ1) is 12.5. The second-order valence-corrected chi connectivity index (χ2v) is 7.69. The van der Waals surface area contributed by atoms with Crippen molar-refractivity contribution in [3.8, 4) is 0 Å². The molecule has 0 unspecified atom stereocenters. The lowest BCUT2D eigenvalue weighted by Crippen LogP contribution is -2.28. The van der Waals surface area contributed by atoms with Crippen LogP contribution in [0.5, 0.6) is 0 Å². The fourth-order valence-electron chi connectivity index (χ4n) is 4.06. The Morgan fingerprint density at radius 3 is 2.96 bits per heavy atom. The average Bonchev–Trinajstić information content (AvgIpc) is 3.11. The third kappa shape index (κ3) is 4.09. The van der Waals surface area contributed by atoms with Crippen LogP contribution in [0, 0.1) is 5.92 Å². The lowest BCUT2D eigenvalue weighted by Gasteiger charge is -2.30. The van der Waals surface area contributed by atoms with Crippen LogP contribution >= 0.6 is 0 Å². The van der Waals surface area contributed by atoms with Crippen molar-refractivity contribution in [1.29, 1.82) is 0 Å². The second kappa shape index (κ2) is 8.22. The van der Waals surface area contributed by atoms with Crippen LogP contribution in [0.4, 0.5) is 5.69 Å². The number of amides is 1. The van der Waals surface area contributed by atoms with E-state index in [1.165, 1.54) is 23.1 Å². The highest BCUT2D eigenvalue weighted by Crippen LogP contribution is 2.29. The van der Waals surface area contributed by atoms with E-state index in [1.807, 2.05) is 19.1 Å². The molecular formula is C23H31NO2. The van der Waals surface area contributed by atoms with E-state index in [4.69, 9.17) is 4.74 Å². The summed E-state index contributed by atoms with van der Waals surface area (Å²) < 4.78 is 6.20. The number of ether oxygens (including phenoxy) is 1. The van der Waals surface area contributed by atoms with Crippen molar-refractivity contribution in [2.75, 3.05) is 5.32 Å². The highest BCUT2D eigenvalue weighted by atomic mass is 16.5. The highest BCUT2D eigenvalue weighted by Gasteiger charge is 2.23. The van der Waals surface area contributed by atoms with Crippen molar-refractivity contribution in [3.63, 3.8) is 0 Å². The predicted octanol–water partition coefficient (Wildman–Crippen LogP) is 5.21. The lowest BCUT2D eigenvalue weighted by atomic mass is 9.96. The fraction of sp³-hybridized carbons (Fsp3) is 0.522. The van der Waals surface area contributed by atoms with Crippen LogP contribution in [0.3, 0.4) is 0 Å². The van der Waals surface area contributed by atoms with Gasteiger partial charge in [0.1, 0.15) is 0 Å². The molecule has 1 aromatic rings. The first-order valence-electron chi connectivity index (χ1n) is 9.91. The van der Waals surface area contributed by atoms with Gasteiger partial charge in [0.25, 0.3) is 0 Å². The molecule has 0 spiro atoms. The van der Waals surface area contributed by atoms with E-state index in [2.05, 4.69) is 44.3 Å². The van der Waals surface area contributed by atoms with E-state index in [-0.39, 0.29) is 24.0 Å². The van der Waals surface area contributed by atoms with Crippen LogP contribution in [0.2, 0.25) is 0 Å². The number of hydrogen-bond acceptors (Lipinski definition) is 2. The standard InChI is InChI=1S/C23H31NO2/c1-5-21-15(2)12-13-22(26-21)16(3)14-17(4)23(25)24-20-11-7-9-18-8-6-10-19(18)20/h7,9,11-12,14,17,21-22H,5-6,8,10,13H2,1-4H3,(H,24,25)/b16-14+/t17-,21+,22+/m0/s1. The van der Waals surface area contributed by atoms with Gasteiger partial charge in [0, 0.05) is 5.69 Å². The summed E-state index contributed by atoms with van der Waals surface area (Å²) in [6, 6.07) is 6.24. The van der Waals surface area contributed by atoms with E-state index in [0.717, 1.165) is 36.9 Å². The van der Waals surface area contributed by atoms with E-state index < -0.39 is 0 Å². The van der Waals surface area contributed by atoms with Gasteiger partial charge in [0.05, 0.1) is 18.1 Å². The molecule has 0 radical (unpaired) electrons. The smallest absolute Gasteiger partial charge is 0.231 e. The minimum absolute atomic E-state index is 0.0548. The SMILES string of the molecule is CC[C@H]1O[C@@H](/C(C)=C/[C@H](C)C(=O)Nc2cccc3c2CCC3)CC=C1C. The van der Waals surface area contributed by atoms with Crippen molar-refractivity contribution in [3.05, 3.63) is 52.6 Å². The number of carbonyl (C=O) groups excluding carboxylic acids is 1. The number of aryl methyl sites for hydroxylation is 1. The Balaban J connectivity index is 1.65. The van der Waals surface area contributed by atoms with Crippen molar-refractivity contribution >= 4 is 11.6 Å². The van der Waals surface area contributed by atoms with Gasteiger partial charge in [-0.05, 0) is 74.3 Å². The molecule has 0 fully saturated rings. The molecule has 1 amide bonds. The molecule has 3 nitrogen and oxygen atoms in total. The van der Waals surface area contributed by atoms with Crippen LogP contribution in [-0.4, -0.2) is 18.1 Å². The first kappa shape index (κ1) is 18.9. The van der Waals surface area contributed by atoms with Crippen molar-refractivity contribution in [2.24, 2.45) is 5.92 Å². The molecule has 1 aromatic carbocycles. The van der Waals surface area contributed by atoms with Gasteiger partial charge in [-0.25, -0.2) is 0 Å². The van der Waals surface area contributed by atoms with Gasteiger partial charge >= 0.3 is 0 Å². The molecule has 1 aliphatic heterocycles. The summed E-state index contributed by atoms with van der Waals surface area (Å²) >= 11 is 0. The summed E-state index contributed by atoms with van der Waals surface area (Å²) in [6.07, 6.45) is 9.87. The normalized spacial score (nSPS) is 24.0. The summed E-state index contributed by atoms with van der Waals surface area (Å²) in [5.41, 5.74) is 6.15. The zero-order valence-electron chi connectivity index (χ0n) is 16.5. The van der Waals surface area contributed by atoms with Crippen LogP contribution in [-0.2, 0) is 22.4 Å². The Hall–Kier alpha value is -1.87. The third-order valence-corrected chi connectivity index (χ3v) is 5.70. The molecule has 3 atom stereocenters. The number of nitrogens with one attached hydrogen (secondary N) is 1. The van der Waals surface area contributed by atoms with Gasteiger partial charge in [-0.3, -0.25) is 4.79 Å². The van der Waals surface area contributed by atoms with E-state index in [0.29, 0.717) is 0 Å². The molecule has 1 heterocycles. The molecular weight excluding hydrogens is 322 g/mol. The largest absolute Gasteiger partial charge is 0.366 e. The number of anilines is 1. The molecule has 140 valence electrons. The molecule has 3 rings (SSSR count). The minimum Gasteiger partial charge on any atom is -0.366 e. The van der Waals surface area contributed by atoms with Crippen molar-refractivity contribution in [1.82, 2.24) is 0 Å². The highest BCUT2D eigenvalue weighted by molar-refractivity contribution is 5.94. The molecule has 0 saturated carbocycles. The number of rotatable bonds is 5. The van der Waals surface area contributed by atoms with Gasteiger partial charge in [-0.15, -0.1) is 0 Å². The number of fused-ring (bicyclic) bond motifs is 1. The topological polar surface area (TPSA) is 38.3 Å². The summed E-state index contributed by atoms with van der Waals surface area (Å²) in [7, 11) is 0. The van der Waals surface area contributed by atoms with Crippen LogP contribution in [0.1, 0.15) is 58.1 Å². The zero-order valence-corrected chi connectivity index (χ0v) is 16.5.